The highest BCUT2D eigenvalue weighted by Gasteiger charge is 2.17. The molecule has 3 aromatic rings. The quantitative estimate of drug-likeness (QED) is 0.583. The highest BCUT2D eigenvalue weighted by atomic mass is 35.5. The molecule has 0 aliphatic heterocycles. The highest BCUT2D eigenvalue weighted by molar-refractivity contribution is 6.31. The second-order valence-electron chi connectivity index (χ2n) is 5.54. The van der Waals surface area contributed by atoms with Gasteiger partial charge in [-0.05, 0) is 54.6 Å². The van der Waals surface area contributed by atoms with Crippen LogP contribution < -0.4 is 16.2 Å². The lowest BCUT2D eigenvalue weighted by molar-refractivity contribution is 0.0831. The monoisotopic (exact) mass is 401 g/mol. The Bertz CT molecular complexity index is 1020. The van der Waals surface area contributed by atoms with Crippen molar-refractivity contribution < 1.29 is 23.2 Å². The zero-order chi connectivity index (χ0) is 20.1. The van der Waals surface area contributed by atoms with E-state index in [-0.39, 0.29) is 27.6 Å². The van der Waals surface area contributed by atoms with Crippen molar-refractivity contribution in [3.63, 3.8) is 0 Å². The fourth-order valence-electron chi connectivity index (χ4n) is 2.26. The van der Waals surface area contributed by atoms with Crippen LogP contribution in [0.3, 0.4) is 0 Å². The number of hydrogen-bond acceptors (Lipinski definition) is 4. The Morgan fingerprint density at radius 3 is 2.29 bits per heavy atom. The van der Waals surface area contributed by atoms with Crippen molar-refractivity contribution in [2.75, 3.05) is 5.32 Å². The summed E-state index contributed by atoms with van der Waals surface area (Å²) < 4.78 is 17.9. The molecule has 7 nitrogen and oxygen atoms in total. The molecule has 2 aromatic carbocycles. The van der Waals surface area contributed by atoms with E-state index in [9.17, 15) is 18.8 Å². The molecule has 1 heterocycles. The van der Waals surface area contributed by atoms with Crippen LogP contribution in [0.2, 0.25) is 5.02 Å². The molecule has 0 aliphatic rings. The molecule has 0 aliphatic carbocycles. The number of benzene rings is 2. The first-order chi connectivity index (χ1) is 13.4. The minimum Gasteiger partial charge on any atom is -0.459 e. The van der Waals surface area contributed by atoms with E-state index in [4.69, 9.17) is 16.0 Å². The topological polar surface area (TPSA) is 100 Å². The molecular formula is C19H13ClFN3O4. The molecule has 9 heteroatoms. The number of hydrazine groups is 1. The largest absolute Gasteiger partial charge is 0.459 e. The van der Waals surface area contributed by atoms with Gasteiger partial charge in [-0.25, -0.2) is 4.39 Å². The zero-order valence-corrected chi connectivity index (χ0v) is 14.9. The third kappa shape index (κ3) is 4.54. The lowest BCUT2D eigenvalue weighted by Gasteiger charge is -2.12. The number of halogens is 2. The van der Waals surface area contributed by atoms with E-state index >= 15 is 0 Å². The summed E-state index contributed by atoms with van der Waals surface area (Å²) in [5, 5.41) is 2.83. The number of carbonyl (C=O) groups excluding carboxylic acids is 3. The molecule has 3 rings (SSSR count). The average Bonchev–Trinajstić information content (AvgIpc) is 3.21. The summed E-state index contributed by atoms with van der Waals surface area (Å²) >= 11 is 5.95. The van der Waals surface area contributed by atoms with Gasteiger partial charge in [0.2, 0.25) is 0 Å². The minimum atomic E-state index is -0.689. The lowest BCUT2D eigenvalue weighted by atomic mass is 10.1. The smallest absolute Gasteiger partial charge is 0.305 e. The minimum absolute atomic E-state index is 0.0150. The fraction of sp³-hybridized carbons (Fsp3) is 0. The Morgan fingerprint density at radius 1 is 0.893 bits per heavy atom. The number of furan rings is 1. The Balaban J connectivity index is 1.74. The molecule has 28 heavy (non-hydrogen) atoms. The third-order valence-corrected chi connectivity index (χ3v) is 3.85. The molecule has 0 radical (unpaired) electrons. The SMILES string of the molecule is O=C(Nc1cc(Cl)ccc1C(=O)NNC(=O)c1ccco1)c1ccc(F)cc1. The number of hydrogen-bond donors (Lipinski definition) is 3. The van der Waals surface area contributed by atoms with Crippen molar-refractivity contribution in [1.29, 1.82) is 0 Å². The van der Waals surface area contributed by atoms with Crippen LogP contribution in [-0.4, -0.2) is 17.7 Å². The van der Waals surface area contributed by atoms with Gasteiger partial charge in [0.05, 0.1) is 17.5 Å². The van der Waals surface area contributed by atoms with Crippen molar-refractivity contribution in [2.45, 2.75) is 0 Å². The predicted molar refractivity (Wildman–Crippen MR) is 99.4 cm³/mol. The first kappa shape index (κ1) is 19.1. The Hall–Kier alpha value is -3.65. The van der Waals surface area contributed by atoms with Gasteiger partial charge in [-0.3, -0.25) is 25.2 Å². The molecule has 0 saturated carbocycles. The average molecular weight is 402 g/mol. The van der Waals surface area contributed by atoms with E-state index in [1.807, 2.05) is 0 Å². The maximum atomic E-state index is 13.0. The maximum absolute atomic E-state index is 13.0. The number of anilines is 1. The van der Waals surface area contributed by atoms with Gasteiger partial charge in [0.15, 0.2) is 5.76 Å². The number of nitrogens with one attached hydrogen (secondary N) is 3. The molecule has 0 saturated heterocycles. The van der Waals surface area contributed by atoms with Crippen molar-refractivity contribution >= 4 is 35.0 Å². The summed E-state index contributed by atoms with van der Waals surface area (Å²) in [5.41, 5.74) is 4.79. The normalized spacial score (nSPS) is 10.2. The van der Waals surface area contributed by atoms with Gasteiger partial charge < -0.3 is 9.73 Å². The van der Waals surface area contributed by atoms with Crippen molar-refractivity contribution in [1.82, 2.24) is 10.9 Å². The van der Waals surface area contributed by atoms with Crippen LogP contribution in [0.5, 0.6) is 0 Å². The van der Waals surface area contributed by atoms with Crippen LogP contribution in [-0.2, 0) is 0 Å². The van der Waals surface area contributed by atoms with E-state index in [2.05, 4.69) is 16.2 Å². The van der Waals surface area contributed by atoms with Crippen molar-refractivity contribution in [2.24, 2.45) is 0 Å². The summed E-state index contributed by atoms with van der Waals surface area (Å²) in [4.78, 5) is 36.6. The van der Waals surface area contributed by atoms with Gasteiger partial charge in [0.25, 0.3) is 11.8 Å². The summed E-state index contributed by atoms with van der Waals surface area (Å²) in [7, 11) is 0. The number of rotatable bonds is 4. The van der Waals surface area contributed by atoms with Crippen LogP contribution in [0.1, 0.15) is 31.3 Å². The maximum Gasteiger partial charge on any atom is 0.305 e. The molecule has 0 fully saturated rings. The van der Waals surface area contributed by atoms with Gasteiger partial charge >= 0.3 is 5.91 Å². The van der Waals surface area contributed by atoms with E-state index in [0.29, 0.717) is 0 Å². The van der Waals surface area contributed by atoms with Gasteiger partial charge in [-0.15, -0.1) is 0 Å². The molecule has 3 N–H and O–H groups in total. The third-order valence-electron chi connectivity index (χ3n) is 3.62. The molecule has 0 atom stereocenters. The van der Waals surface area contributed by atoms with Gasteiger partial charge in [0.1, 0.15) is 5.82 Å². The van der Waals surface area contributed by atoms with E-state index in [1.54, 1.807) is 0 Å². The summed E-state index contributed by atoms with van der Waals surface area (Å²) in [5.74, 6) is -2.36. The van der Waals surface area contributed by atoms with Crippen molar-refractivity contribution in [3.05, 3.63) is 88.6 Å². The van der Waals surface area contributed by atoms with E-state index in [1.165, 1.54) is 48.7 Å². The molecule has 1 aromatic heterocycles. The molecule has 142 valence electrons. The zero-order valence-electron chi connectivity index (χ0n) is 14.2. The standard InChI is InChI=1S/C19H13ClFN3O4/c20-12-5-8-14(18(26)23-24-19(27)16-2-1-9-28-16)15(10-12)22-17(25)11-3-6-13(21)7-4-11/h1-10H,(H,22,25)(H,23,26)(H,24,27). The molecular weight excluding hydrogens is 389 g/mol. The molecule has 0 bridgehead atoms. The number of amides is 3. The van der Waals surface area contributed by atoms with E-state index in [0.717, 1.165) is 12.1 Å². The van der Waals surface area contributed by atoms with Gasteiger partial charge in [-0.2, -0.15) is 0 Å². The molecule has 0 spiro atoms. The second kappa shape index (κ2) is 8.36. The summed E-state index contributed by atoms with van der Waals surface area (Å²) in [6.07, 6.45) is 1.32. The van der Waals surface area contributed by atoms with Crippen LogP contribution >= 0.6 is 11.6 Å². The van der Waals surface area contributed by atoms with Crippen LogP contribution in [0.25, 0.3) is 0 Å². The second-order valence-corrected chi connectivity index (χ2v) is 5.97. The van der Waals surface area contributed by atoms with Gasteiger partial charge in [-0.1, -0.05) is 11.6 Å². The fourth-order valence-corrected chi connectivity index (χ4v) is 2.44. The molecule has 0 unspecified atom stereocenters. The van der Waals surface area contributed by atoms with Crippen molar-refractivity contribution in [3.8, 4) is 0 Å². The van der Waals surface area contributed by atoms with E-state index < -0.39 is 23.5 Å². The van der Waals surface area contributed by atoms with Crippen LogP contribution in [0.4, 0.5) is 10.1 Å². The highest BCUT2D eigenvalue weighted by Crippen LogP contribution is 2.22. The first-order valence-corrected chi connectivity index (χ1v) is 8.32. The Labute approximate surface area is 163 Å². The summed E-state index contributed by atoms with van der Waals surface area (Å²) in [6.45, 7) is 0. The Kier molecular flexibility index (Phi) is 5.71. The van der Waals surface area contributed by atoms with Crippen LogP contribution in [0.15, 0.2) is 65.3 Å². The van der Waals surface area contributed by atoms with Crippen LogP contribution in [0, 0.1) is 5.82 Å². The first-order valence-electron chi connectivity index (χ1n) is 7.94. The van der Waals surface area contributed by atoms with Gasteiger partial charge in [0, 0.05) is 10.6 Å². The lowest BCUT2D eigenvalue weighted by Crippen LogP contribution is -2.41. The molecule has 3 amide bonds. The summed E-state index contributed by atoms with van der Waals surface area (Å²) in [6, 6.07) is 12.1. The predicted octanol–water partition coefficient (Wildman–Crippen LogP) is 3.40. The Morgan fingerprint density at radius 2 is 1.61 bits per heavy atom. The number of carbonyl (C=O) groups is 3.